The number of halogens is 1. The predicted molar refractivity (Wildman–Crippen MR) is 109 cm³/mol. The minimum atomic E-state index is 0.00217. The molecule has 0 saturated carbocycles. The number of hydrogen-bond donors (Lipinski definition) is 1. The summed E-state index contributed by atoms with van der Waals surface area (Å²) in [6.07, 6.45) is 3.25. The third kappa shape index (κ3) is 4.20. The minimum Gasteiger partial charge on any atom is -0.353 e. The van der Waals surface area contributed by atoms with Gasteiger partial charge in [0.15, 0.2) is 0 Å². The highest BCUT2D eigenvalue weighted by Crippen LogP contribution is 2.20. The Hall–Kier alpha value is -3.19. The van der Waals surface area contributed by atoms with Gasteiger partial charge in [-0.15, -0.1) is 0 Å². The van der Waals surface area contributed by atoms with E-state index in [2.05, 4.69) is 25.2 Å². The zero-order chi connectivity index (χ0) is 19.3. The summed E-state index contributed by atoms with van der Waals surface area (Å²) in [4.78, 5) is 29.5. The van der Waals surface area contributed by atoms with E-state index in [0.717, 1.165) is 11.6 Å². The van der Waals surface area contributed by atoms with Crippen molar-refractivity contribution in [3.63, 3.8) is 0 Å². The van der Waals surface area contributed by atoms with Crippen molar-refractivity contribution in [1.29, 1.82) is 0 Å². The first kappa shape index (κ1) is 18.2. The molecule has 0 atom stereocenters. The number of rotatable bonds is 4. The largest absolute Gasteiger partial charge is 0.353 e. The number of nitrogens with one attached hydrogen (secondary N) is 1. The Labute approximate surface area is 168 Å². The van der Waals surface area contributed by atoms with Crippen LogP contribution in [0, 0.1) is 0 Å². The molecule has 3 heterocycles. The Morgan fingerprint density at radius 1 is 0.929 bits per heavy atom. The third-order valence-electron chi connectivity index (χ3n) is 4.54. The molecule has 7 nitrogen and oxygen atoms in total. The molecule has 4 rings (SSSR count). The van der Waals surface area contributed by atoms with E-state index < -0.39 is 0 Å². The summed E-state index contributed by atoms with van der Waals surface area (Å²) in [7, 11) is 0. The Morgan fingerprint density at radius 3 is 2.54 bits per heavy atom. The van der Waals surface area contributed by atoms with E-state index in [-0.39, 0.29) is 5.91 Å². The molecule has 1 aliphatic rings. The molecule has 1 N–H and O–H groups in total. The lowest BCUT2D eigenvalue weighted by atomic mass is 10.2. The van der Waals surface area contributed by atoms with Crippen molar-refractivity contribution in [3.05, 3.63) is 71.6 Å². The van der Waals surface area contributed by atoms with E-state index in [9.17, 15) is 4.79 Å². The second-order valence-corrected chi connectivity index (χ2v) is 6.83. The molecule has 0 aliphatic carbocycles. The first-order valence-electron chi connectivity index (χ1n) is 8.99. The van der Waals surface area contributed by atoms with Crippen molar-refractivity contribution in [2.75, 3.05) is 36.4 Å². The number of pyridine rings is 1. The Morgan fingerprint density at radius 2 is 1.79 bits per heavy atom. The molecule has 1 fully saturated rings. The van der Waals surface area contributed by atoms with Crippen LogP contribution in [0.2, 0.25) is 5.02 Å². The average Bonchev–Trinajstić information content (AvgIpc) is 2.74. The van der Waals surface area contributed by atoms with Crippen LogP contribution < -0.4 is 10.2 Å². The van der Waals surface area contributed by atoms with E-state index in [1.54, 1.807) is 30.5 Å². The molecule has 0 unspecified atom stereocenters. The summed E-state index contributed by atoms with van der Waals surface area (Å²) in [5, 5.41) is 3.74. The Kier molecular flexibility index (Phi) is 5.34. The van der Waals surface area contributed by atoms with Gasteiger partial charge in [-0.1, -0.05) is 23.7 Å². The molecular formula is C20H19ClN6O. The second kappa shape index (κ2) is 8.22. The van der Waals surface area contributed by atoms with Crippen molar-refractivity contribution in [1.82, 2.24) is 19.9 Å². The number of hydrogen-bond acceptors (Lipinski definition) is 6. The van der Waals surface area contributed by atoms with Gasteiger partial charge in [0.1, 0.15) is 23.8 Å². The van der Waals surface area contributed by atoms with Crippen LogP contribution in [0.5, 0.6) is 0 Å². The standard InChI is InChI=1S/C20H19ClN6O/c21-16-5-3-4-15(12-16)20(28)27-10-8-26(9-11-27)19-13-18(23-14-24-19)25-17-6-1-2-7-22-17/h1-7,12-14H,8-11H2,(H,22,23,24,25). The first-order chi connectivity index (χ1) is 13.7. The quantitative estimate of drug-likeness (QED) is 0.732. The highest BCUT2D eigenvalue weighted by molar-refractivity contribution is 6.30. The van der Waals surface area contributed by atoms with Crippen LogP contribution in [-0.2, 0) is 0 Å². The lowest BCUT2D eigenvalue weighted by molar-refractivity contribution is 0.0746. The lowest BCUT2D eigenvalue weighted by Gasteiger charge is -2.35. The van der Waals surface area contributed by atoms with Crippen LogP contribution in [0.1, 0.15) is 10.4 Å². The van der Waals surface area contributed by atoms with Gasteiger partial charge in [-0.25, -0.2) is 15.0 Å². The van der Waals surface area contributed by atoms with E-state index >= 15 is 0 Å². The molecule has 1 aliphatic heterocycles. The summed E-state index contributed by atoms with van der Waals surface area (Å²) < 4.78 is 0. The van der Waals surface area contributed by atoms with Crippen molar-refractivity contribution < 1.29 is 4.79 Å². The summed E-state index contributed by atoms with van der Waals surface area (Å²) in [5.41, 5.74) is 0.616. The Bertz CT molecular complexity index is 960. The van der Waals surface area contributed by atoms with Crippen LogP contribution in [0.4, 0.5) is 17.5 Å². The lowest BCUT2D eigenvalue weighted by Crippen LogP contribution is -2.49. The van der Waals surface area contributed by atoms with Gasteiger partial charge in [0.05, 0.1) is 0 Å². The van der Waals surface area contributed by atoms with Gasteiger partial charge in [-0.3, -0.25) is 4.79 Å². The molecule has 0 spiro atoms. The Balaban J connectivity index is 1.40. The minimum absolute atomic E-state index is 0.00217. The monoisotopic (exact) mass is 394 g/mol. The number of benzene rings is 1. The number of nitrogens with zero attached hydrogens (tertiary/aromatic N) is 5. The van der Waals surface area contributed by atoms with Gasteiger partial charge in [0, 0.05) is 49.0 Å². The van der Waals surface area contributed by atoms with Gasteiger partial charge in [-0.05, 0) is 30.3 Å². The SMILES string of the molecule is O=C(c1cccc(Cl)c1)N1CCN(c2cc(Nc3ccccn3)ncn2)CC1. The highest BCUT2D eigenvalue weighted by Gasteiger charge is 2.23. The molecule has 2 aromatic heterocycles. The highest BCUT2D eigenvalue weighted by atomic mass is 35.5. The molecule has 1 aromatic carbocycles. The van der Waals surface area contributed by atoms with Crippen molar-refractivity contribution in [3.8, 4) is 0 Å². The van der Waals surface area contributed by atoms with Gasteiger partial charge in [0.25, 0.3) is 5.91 Å². The molecule has 0 bridgehead atoms. The molecular weight excluding hydrogens is 376 g/mol. The van der Waals surface area contributed by atoms with Crippen LogP contribution in [0.25, 0.3) is 0 Å². The number of carbonyl (C=O) groups excluding carboxylic acids is 1. The molecule has 28 heavy (non-hydrogen) atoms. The topological polar surface area (TPSA) is 74.2 Å². The number of carbonyl (C=O) groups is 1. The van der Waals surface area contributed by atoms with Crippen LogP contribution in [0.3, 0.4) is 0 Å². The summed E-state index contributed by atoms with van der Waals surface area (Å²) in [6.45, 7) is 2.65. The number of aromatic nitrogens is 3. The van der Waals surface area contributed by atoms with E-state index in [0.29, 0.717) is 42.6 Å². The maximum absolute atomic E-state index is 12.7. The molecule has 142 valence electrons. The zero-order valence-electron chi connectivity index (χ0n) is 15.1. The van der Waals surface area contributed by atoms with E-state index in [1.807, 2.05) is 29.2 Å². The predicted octanol–water partition coefficient (Wildman–Crippen LogP) is 3.23. The summed E-state index contributed by atoms with van der Waals surface area (Å²) >= 11 is 6.00. The molecule has 3 aromatic rings. The summed E-state index contributed by atoms with van der Waals surface area (Å²) in [5.74, 6) is 2.23. The maximum Gasteiger partial charge on any atom is 0.254 e. The number of amides is 1. The van der Waals surface area contributed by atoms with Crippen molar-refractivity contribution >= 4 is 35.0 Å². The van der Waals surface area contributed by atoms with Gasteiger partial charge in [0.2, 0.25) is 0 Å². The molecule has 8 heteroatoms. The second-order valence-electron chi connectivity index (χ2n) is 6.39. The van der Waals surface area contributed by atoms with E-state index in [1.165, 1.54) is 6.33 Å². The average molecular weight is 395 g/mol. The maximum atomic E-state index is 12.7. The molecule has 1 amide bonds. The fourth-order valence-electron chi connectivity index (χ4n) is 3.10. The fraction of sp³-hybridized carbons (Fsp3) is 0.200. The van der Waals surface area contributed by atoms with Crippen LogP contribution >= 0.6 is 11.6 Å². The first-order valence-corrected chi connectivity index (χ1v) is 9.37. The van der Waals surface area contributed by atoms with Crippen molar-refractivity contribution in [2.24, 2.45) is 0 Å². The normalized spacial score (nSPS) is 14.0. The third-order valence-corrected chi connectivity index (χ3v) is 4.77. The summed E-state index contributed by atoms with van der Waals surface area (Å²) in [6, 6.07) is 14.6. The zero-order valence-corrected chi connectivity index (χ0v) is 15.9. The molecule has 1 saturated heterocycles. The molecule has 0 radical (unpaired) electrons. The fourth-order valence-corrected chi connectivity index (χ4v) is 3.29. The number of piperazine rings is 1. The van der Waals surface area contributed by atoms with Gasteiger partial charge >= 0.3 is 0 Å². The van der Waals surface area contributed by atoms with Gasteiger partial charge in [-0.2, -0.15) is 0 Å². The van der Waals surface area contributed by atoms with Crippen LogP contribution in [0.15, 0.2) is 61.1 Å². The van der Waals surface area contributed by atoms with Crippen LogP contribution in [-0.4, -0.2) is 51.9 Å². The number of anilines is 3. The van der Waals surface area contributed by atoms with E-state index in [4.69, 9.17) is 11.6 Å². The van der Waals surface area contributed by atoms with Gasteiger partial charge < -0.3 is 15.1 Å². The smallest absolute Gasteiger partial charge is 0.254 e. The van der Waals surface area contributed by atoms with Crippen molar-refractivity contribution in [2.45, 2.75) is 0 Å².